The van der Waals surface area contributed by atoms with Crippen LogP contribution in [0.4, 0.5) is 8.78 Å². The minimum Gasteiger partial charge on any atom is -0.395 e. The van der Waals surface area contributed by atoms with E-state index in [-0.39, 0.29) is 48.4 Å². The molecule has 0 saturated heterocycles. The molecular formula is C31H44F2N4O7S. The number of sulfonamides is 1. The number of likely N-dealkylation sites (N-methyl/N-ethyl adjacent to an activating group) is 1. The van der Waals surface area contributed by atoms with E-state index < -0.39 is 52.6 Å². The van der Waals surface area contributed by atoms with E-state index in [1.807, 2.05) is 32.0 Å². The Bertz CT molecular complexity index is 1410. The maximum atomic E-state index is 13.9. The van der Waals surface area contributed by atoms with Gasteiger partial charge in [0.1, 0.15) is 0 Å². The number of nitrogens with zero attached hydrogens (tertiary/aromatic N) is 3. The fourth-order valence-electron chi connectivity index (χ4n) is 4.83. The van der Waals surface area contributed by atoms with Gasteiger partial charge in [-0.25, -0.2) is 13.4 Å². The number of halogens is 2. The van der Waals surface area contributed by atoms with Gasteiger partial charge in [0.15, 0.2) is 11.5 Å². The first-order valence-electron chi connectivity index (χ1n) is 14.9. The Kier molecular flexibility index (Phi) is 12.3. The first-order chi connectivity index (χ1) is 21.0. The first-order valence-corrected chi connectivity index (χ1v) is 16.3. The Morgan fingerprint density at radius 3 is 2.24 bits per heavy atom. The lowest BCUT2D eigenvalue weighted by Crippen LogP contribution is -2.60. The largest absolute Gasteiger partial charge is 0.586 e. The number of ether oxygens (including phenoxy) is 2. The predicted octanol–water partition coefficient (Wildman–Crippen LogP) is 3.48. The fraction of sp³-hybridized carbons (Fsp3) is 0.548. The van der Waals surface area contributed by atoms with Crippen LogP contribution < -0.4 is 14.9 Å². The average molecular weight is 655 g/mol. The first kappa shape index (κ1) is 36.1. The van der Waals surface area contributed by atoms with E-state index in [1.165, 1.54) is 0 Å². The number of hydrazine groups is 1. The van der Waals surface area contributed by atoms with Crippen LogP contribution in [0.25, 0.3) is 0 Å². The number of rotatable bonds is 15. The zero-order valence-electron chi connectivity index (χ0n) is 26.6. The van der Waals surface area contributed by atoms with Crippen LogP contribution in [0.2, 0.25) is 0 Å². The summed E-state index contributed by atoms with van der Waals surface area (Å²) in [7, 11) is -0.966. The Morgan fingerprint density at radius 1 is 1.00 bits per heavy atom. The standard InChI is InChI=1S/C31H44F2N4O7S/c1-7-22(4)15-30(40)37(34-29(39)20-35(5)6)25(16-23-11-9-8-10-12-23)26(38)19-36(18-21(2)3)45(41,42)24-13-14-27-28(17-24)44-31(32,33)43-27/h8-14,17,21-22,25-26,38H,7,15-16,18-20H2,1-6H3,(H,34,39)/t22-,25-,26+/m0/s1. The summed E-state index contributed by atoms with van der Waals surface area (Å²) in [5.74, 6) is -1.85. The Balaban J connectivity index is 2.01. The molecule has 11 nitrogen and oxygen atoms in total. The van der Waals surface area contributed by atoms with Gasteiger partial charge in [-0.3, -0.25) is 15.0 Å². The van der Waals surface area contributed by atoms with Crippen LogP contribution in [-0.4, -0.2) is 91.7 Å². The summed E-state index contributed by atoms with van der Waals surface area (Å²) in [4.78, 5) is 27.9. The summed E-state index contributed by atoms with van der Waals surface area (Å²) in [6.07, 6.45) is -4.50. The lowest BCUT2D eigenvalue weighted by molar-refractivity contribution is -0.286. The van der Waals surface area contributed by atoms with Crippen molar-refractivity contribution in [1.82, 2.24) is 19.6 Å². The van der Waals surface area contributed by atoms with E-state index in [0.29, 0.717) is 6.42 Å². The monoisotopic (exact) mass is 654 g/mol. The second kappa shape index (κ2) is 15.3. The van der Waals surface area contributed by atoms with E-state index in [1.54, 1.807) is 45.0 Å². The molecule has 1 aliphatic heterocycles. The molecule has 3 atom stereocenters. The predicted molar refractivity (Wildman–Crippen MR) is 164 cm³/mol. The van der Waals surface area contributed by atoms with Crippen molar-refractivity contribution >= 4 is 21.8 Å². The van der Waals surface area contributed by atoms with Gasteiger partial charge in [0.25, 0.3) is 5.91 Å². The molecule has 3 rings (SSSR count). The van der Waals surface area contributed by atoms with Gasteiger partial charge in [-0.2, -0.15) is 4.31 Å². The Morgan fingerprint density at radius 2 is 1.64 bits per heavy atom. The molecule has 45 heavy (non-hydrogen) atoms. The van der Waals surface area contributed by atoms with E-state index in [0.717, 1.165) is 33.1 Å². The second-order valence-corrected chi connectivity index (χ2v) is 14.0. The summed E-state index contributed by atoms with van der Waals surface area (Å²) < 4.78 is 65.0. The number of carbonyl (C=O) groups is 2. The molecule has 2 aromatic carbocycles. The number of benzene rings is 2. The molecule has 0 bridgehead atoms. The molecule has 0 unspecified atom stereocenters. The number of carbonyl (C=O) groups excluding carboxylic acids is 2. The summed E-state index contributed by atoms with van der Waals surface area (Å²) >= 11 is 0. The summed E-state index contributed by atoms with van der Waals surface area (Å²) in [6.45, 7) is 6.90. The molecule has 0 saturated carbocycles. The molecule has 1 heterocycles. The van der Waals surface area contributed by atoms with Crippen LogP contribution in [-0.2, 0) is 26.0 Å². The quantitative estimate of drug-likeness (QED) is 0.280. The third kappa shape index (κ3) is 10.1. The molecule has 2 amide bonds. The molecule has 0 radical (unpaired) electrons. The van der Waals surface area contributed by atoms with Crippen molar-refractivity contribution in [2.24, 2.45) is 11.8 Å². The molecule has 0 aliphatic carbocycles. The SMILES string of the molecule is CC[C@H](C)CC(=O)N(NC(=O)CN(C)C)[C@@H](Cc1ccccc1)[C@H](O)CN(CC(C)C)S(=O)(=O)c1ccc2c(c1)OC(F)(F)O2. The lowest BCUT2D eigenvalue weighted by atomic mass is 9.98. The molecule has 14 heteroatoms. The van der Waals surface area contributed by atoms with Gasteiger partial charge in [0, 0.05) is 25.6 Å². The zero-order valence-corrected chi connectivity index (χ0v) is 27.4. The number of aliphatic hydroxyl groups excluding tert-OH is 1. The average Bonchev–Trinajstić information content (AvgIpc) is 3.27. The number of nitrogens with one attached hydrogen (secondary N) is 1. The summed E-state index contributed by atoms with van der Waals surface area (Å²) in [6, 6.07) is 11.1. The Hall–Kier alpha value is -3.33. The molecule has 0 spiro atoms. The number of amides is 2. The van der Waals surface area contributed by atoms with Crippen LogP contribution in [0, 0.1) is 11.8 Å². The third-order valence-electron chi connectivity index (χ3n) is 7.23. The molecule has 2 aromatic rings. The number of hydrogen-bond donors (Lipinski definition) is 2. The van der Waals surface area contributed by atoms with Crippen molar-refractivity contribution < 1.29 is 41.4 Å². The highest BCUT2D eigenvalue weighted by atomic mass is 32.2. The van der Waals surface area contributed by atoms with E-state index in [4.69, 9.17) is 0 Å². The van der Waals surface area contributed by atoms with Crippen LogP contribution in [0.5, 0.6) is 11.5 Å². The molecule has 0 fully saturated rings. The lowest BCUT2D eigenvalue weighted by Gasteiger charge is -2.37. The molecule has 2 N–H and O–H groups in total. The van der Waals surface area contributed by atoms with Crippen LogP contribution in [0.15, 0.2) is 53.4 Å². The number of aliphatic hydroxyl groups is 1. The smallest absolute Gasteiger partial charge is 0.395 e. The second-order valence-electron chi connectivity index (χ2n) is 12.1. The molecule has 0 aromatic heterocycles. The van der Waals surface area contributed by atoms with Gasteiger partial charge >= 0.3 is 6.29 Å². The van der Waals surface area contributed by atoms with Gasteiger partial charge in [0.05, 0.1) is 23.6 Å². The van der Waals surface area contributed by atoms with Crippen LogP contribution in [0.1, 0.15) is 46.1 Å². The zero-order chi connectivity index (χ0) is 33.5. The van der Waals surface area contributed by atoms with Gasteiger partial charge in [-0.1, -0.05) is 64.4 Å². The van der Waals surface area contributed by atoms with E-state index in [9.17, 15) is 31.9 Å². The van der Waals surface area contributed by atoms with Gasteiger partial charge in [-0.05, 0) is 50.0 Å². The third-order valence-corrected chi connectivity index (χ3v) is 9.05. The van der Waals surface area contributed by atoms with Crippen molar-refractivity contribution in [1.29, 1.82) is 0 Å². The van der Waals surface area contributed by atoms with Gasteiger partial charge in [-0.15, -0.1) is 8.78 Å². The van der Waals surface area contributed by atoms with Crippen molar-refractivity contribution in [3.05, 3.63) is 54.1 Å². The van der Waals surface area contributed by atoms with Crippen LogP contribution in [0.3, 0.4) is 0 Å². The molecule has 1 aliphatic rings. The number of alkyl halides is 2. The molecular weight excluding hydrogens is 610 g/mol. The maximum Gasteiger partial charge on any atom is 0.586 e. The van der Waals surface area contributed by atoms with Gasteiger partial charge < -0.3 is 19.5 Å². The normalized spacial score (nSPS) is 16.1. The van der Waals surface area contributed by atoms with Crippen LogP contribution >= 0.6 is 0 Å². The maximum absolute atomic E-state index is 13.9. The number of fused-ring (bicyclic) bond motifs is 1. The highest BCUT2D eigenvalue weighted by Crippen LogP contribution is 2.42. The minimum absolute atomic E-state index is 0.0172. The van der Waals surface area contributed by atoms with Crippen molar-refractivity contribution in [2.75, 3.05) is 33.7 Å². The Labute approximate surface area is 264 Å². The van der Waals surface area contributed by atoms with Crippen molar-refractivity contribution in [3.63, 3.8) is 0 Å². The summed E-state index contributed by atoms with van der Waals surface area (Å²) in [5, 5.41) is 12.9. The minimum atomic E-state index is -4.37. The fourth-order valence-corrected chi connectivity index (χ4v) is 6.47. The summed E-state index contributed by atoms with van der Waals surface area (Å²) in [5.41, 5.74) is 3.42. The van der Waals surface area contributed by atoms with E-state index in [2.05, 4.69) is 14.9 Å². The topological polar surface area (TPSA) is 129 Å². The highest BCUT2D eigenvalue weighted by molar-refractivity contribution is 7.89. The number of hydrogen-bond acceptors (Lipinski definition) is 8. The van der Waals surface area contributed by atoms with Gasteiger partial charge in [0.2, 0.25) is 15.9 Å². The molecule has 250 valence electrons. The van der Waals surface area contributed by atoms with Crippen molar-refractivity contribution in [3.8, 4) is 11.5 Å². The highest BCUT2D eigenvalue weighted by Gasteiger charge is 2.44. The van der Waals surface area contributed by atoms with Crippen molar-refractivity contribution in [2.45, 2.75) is 70.3 Å². The van der Waals surface area contributed by atoms with E-state index >= 15 is 0 Å².